The minimum atomic E-state index is -0.450. The van der Waals surface area contributed by atoms with Crippen LogP contribution in [-0.2, 0) is 9.47 Å². The maximum absolute atomic E-state index is 12.2. The molecule has 8 heteroatoms. The van der Waals surface area contributed by atoms with E-state index in [0.29, 0.717) is 19.2 Å². The van der Waals surface area contributed by atoms with Crippen LogP contribution in [-0.4, -0.2) is 78.9 Å². The number of fused-ring (bicyclic) bond motifs is 1. The van der Waals surface area contributed by atoms with Crippen LogP contribution in [0.4, 0.5) is 4.79 Å². The summed E-state index contributed by atoms with van der Waals surface area (Å²) in [5.74, 6) is 0.953. The molecule has 3 aliphatic heterocycles. The normalized spacial score (nSPS) is 26.5. The van der Waals surface area contributed by atoms with E-state index < -0.39 is 5.60 Å². The van der Waals surface area contributed by atoms with Gasteiger partial charge in [0.1, 0.15) is 5.60 Å². The highest BCUT2D eigenvalue weighted by atomic mass is 127. The lowest BCUT2D eigenvalue weighted by molar-refractivity contribution is 0.0137. The number of hydrogen-bond donors (Lipinski definition) is 1. The van der Waals surface area contributed by atoms with Crippen LogP contribution in [0, 0.1) is 0 Å². The van der Waals surface area contributed by atoms with Gasteiger partial charge in [0.15, 0.2) is 5.96 Å². The fourth-order valence-electron chi connectivity index (χ4n) is 3.23. The molecule has 0 bridgehead atoms. The van der Waals surface area contributed by atoms with E-state index in [0.717, 1.165) is 45.0 Å². The van der Waals surface area contributed by atoms with E-state index in [-0.39, 0.29) is 36.1 Å². The predicted octanol–water partition coefficient (Wildman–Crippen LogP) is 1.66. The van der Waals surface area contributed by atoms with E-state index in [4.69, 9.17) is 9.47 Å². The summed E-state index contributed by atoms with van der Waals surface area (Å²) in [5.41, 5.74) is -0.450. The first-order valence-corrected chi connectivity index (χ1v) is 8.57. The third kappa shape index (κ3) is 4.87. The number of nitrogens with one attached hydrogen (secondary N) is 1. The SMILES string of the molecule is CC(C)(C)OC(=O)N1CCN2C(NCC3CCCO3)=NCC2C1.I. The van der Waals surface area contributed by atoms with Crippen LogP contribution < -0.4 is 5.32 Å². The molecule has 1 N–H and O–H groups in total. The van der Waals surface area contributed by atoms with Gasteiger partial charge in [-0.05, 0) is 33.6 Å². The summed E-state index contributed by atoms with van der Waals surface area (Å²) in [5, 5.41) is 3.42. The molecular weight excluding hydrogens is 423 g/mol. The Labute approximate surface area is 161 Å². The number of guanidine groups is 1. The monoisotopic (exact) mass is 452 g/mol. The molecular formula is C16H29IN4O3. The van der Waals surface area contributed by atoms with Gasteiger partial charge in [-0.3, -0.25) is 4.99 Å². The van der Waals surface area contributed by atoms with E-state index >= 15 is 0 Å². The zero-order valence-electron chi connectivity index (χ0n) is 14.8. The Kier molecular flexibility index (Phi) is 6.58. The average molecular weight is 452 g/mol. The van der Waals surface area contributed by atoms with E-state index in [2.05, 4.69) is 15.2 Å². The molecule has 3 rings (SSSR count). The number of carbonyl (C=O) groups excluding carboxylic acids is 1. The number of carbonyl (C=O) groups is 1. The minimum Gasteiger partial charge on any atom is -0.444 e. The van der Waals surface area contributed by atoms with Gasteiger partial charge in [0, 0.05) is 32.8 Å². The number of nitrogens with zero attached hydrogens (tertiary/aromatic N) is 3. The molecule has 2 fully saturated rings. The number of halogens is 1. The van der Waals surface area contributed by atoms with Crippen LogP contribution >= 0.6 is 24.0 Å². The number of rotatable bonds is 2. The van der Waals surface area contributed by atoms with Gasteiger partial charge in [0.2, 0.25) is 0 Å². The Balaban J connectivity index is 0.00000208. The van der Waals surface area contributed by atoms with E-state index in [1.54, 1.807) is 4.90 Å². The van der Waals surface area contributed by atoms with Gasteiger partial charge in [0.25, 0.3) is 0 Å². The highest BCUT2D eigenvalue weighted by Gasteiger charge is 2.36. The Hall–Kier alpha value is -0.770. The lowest BCUT2D eigenvalue weighted by Crippen LogP contribution is -2.58. The van der Waals surface area contributed by atoms with E-state index in [9.17, 15) is 4.79 Å². The molecule has 0 aliphatic carbocycles. The molecule has 0 aromatic rings. The Morgan fingerprint density at radius 1 is 1.42 bits per heavy atom. The van der Waals surface area contributed by atoms with Crippen LogP contribution in [0.5, 0.6) is 0 Å². The fourth-order valence-corrected chi connectivity index (χ4v) is 3.23. The molecule has 138 valence electrons. The van der Waals surface area contributed by atoms with Gasteiger partial charge in [0.05, 0.1) is 18.7 Å². The highest BCUT2D eigenvalue weighted by Crippen LogP contribution is 2.19. The van der Waals surface area contributed by atoms with Crippen molar-refractivity contribution in [3.63, 3.8) is 0 Å². The summed E-state index contributed by atoms with van der Waals surface area (Å²) in [6.45, 7) is 10.2. The van der Waals surface area contributed by atoms with Crippen molar-refractivity contribution in [3.05, 3.63) is 0 Å². The van der Waals surface area contributed by atoms with Gasteiger partial charge in [-0.1, -0.05) is 0 Å². The van der Waals surface area contributed by atoms with E-state index in [1.165, 1.54) is 0 Å². The van der Waals surface area contributed by atoms with Gasteiger partial charge >= 0.3 is 6.09 Å². The summed E-state index contributed by atoms with van der Waals surface area (Å²) < 4.78 is 11.1. The maximum atomic E-state index is 12.2. The molecule has 3 aliphatic rings. The third-order valence-electron chi connectivity index (χ3n) is 4.37. The summed E-state index contributed by atoms with van der Waals surface area (Å²) in [7, 11) is 0. The number of aliphatic imine (C=N–C) groups is 1. The van der Waals surface area contributed by atoms with Crippen LogP contribution in [0.1, 0.15) is 33.6 Å². The number of amides is 1. The first kappa shape index (κ1) is 19.6. The van der Waals surface area contributed by atoms with Gasteiger partial charge in [-0.15, -0.1) is 24.0 Å². The van der Waals surface area contributed by atoms with E-state index in [1.807, 2.05) is 20.8 Å². The van der Waals surface area contributed by atoms with Crippen molar-refractivity contribution in [1.29, 1.82) is 0 Å². The first-order valence-electron chi connectivity index (χ1n) is 8.57. The van der Waals surface area contributed by atoms with Crippen molar-refractivity contribution in [2.75, 3.05) is 39.3 Å². The largest absolute Gasteiger partial charge is 0.444 e. The van der Waals surface area contributed by atoms with Crippen molar-refractivity contribution < 1.29 is 14.3 Å². The second kappa shape index (κ2) is 8.07. The zero-order valence-corrected chi connectivity index (χ0v) is 17.1. The number of ether oxygens (including phenoxy) is 2. The summed E-state index contributed by atoms with van der Waals surface area (Å²) >= 11 is 0. The van der Waals surface area contributed by atoms with Crippen LogP contribution in [0.15, 0.2) is 4.99 Å². The molecule has 2 saturated heterocycles. The molecule has 2 atom stereocenters. The summed E-state index contributed by atoms with van der Waals surface area (Å²) in [6.07, 6.45) is 2.35. The fraction of sp³-hybridized carbons (Fsp3) is 0.875. The molecule has 2 unspecified atom stereocenters. The second-order valence-electron chi connectivity index (χ2n) is 7.45. The second-order valence-corrected chi connectivity index (χ2v) is 7.45. The molecule has 0 saturated carbocycles. The lowest BCUT2D eigenvalue weighted by Gasteiger charge is -2.39. The Morgan fingerprint density at radius 3 is 2.88 bits per heavy atom. The van der Waals surface area contributed by atoms with Gasteiger partial charge in [-0.25, -0.2) is 4.79 Å². The van der Waals surface area contributed by atoms with Crippen LogP contribution in [0.2, 0.25) is 0 Å². The molecule has 1 amide bonds. The first-order chi connectivity index (χ1) is 10.9. The lowest BCUT2D eigenvalue weighted by atomic mass is 10.2. The van der Waals surface area contributed by atoms with Crippen LogP contribution in [0.3, 0.4) is 0 Å². The van der Waals surface area contributed by atoms with Crippen molar-refractivity contribution in [1.82, 2.24) is 15.1 Å². The van der Waals surface area contributed by atoms with Crippen molar-refractivity contribution in [2.45, 2.75) is 51.4 Å². The van der Waals surface area contributed by atoms with Crippen LogP contribution in [0.25, 0.3) is 0 Å². The van der Waals surface area contributed by atoms with Crippen molar-refractivity contribution in [2.24, 2.45) is 4.99 Å². The molecule has 3 heterocycles. The van der Waals surface area contributed by atoms with Gasteiger partial charge in [-0.2, -0.15) is 0 Å². The predicted molar refractivity (Wildman–Crippen MR) is 103 cm³/mol. The summed E-state index contributed by atoms with van der Waals surface area (Å²) in [4.78, 5) is 20.9. The average Bonchev–Trinajstić information content (AvgIpc) is 3.12. The van der Waals surface area contributed by atoms with Crippen molar-refractivity contribution >= 4 is 36.0 Å². The molecule has 7 nitrogen and oxygen atoms in total. The number of piperazine rings is 1. The number of hydrogen-bond acceptors (Lipinski definition) is 6. The minimum absolute atomic E-state index is 0. The Bertz CT molecular complexity index is 474. The smallest absolute Gasteiger partial charge is 0.410 e. The van der Waals surface area contributed by atoms with Gasteiger partial charge < -0.3 is 24.6 Å². The van der Waals surface area contributed by atoms with Crippen molar-refractivity contribution in [3.8, 4) is 0 Å². The standard InChI is InChI=1S/C16H28N4O3.HI/c1-16(2,3)23-15(21)19-6-7-20-12(11-19)9-17-14(20)18-10-13-5-4-8-22-13;/h12-13H,4-11H2,1-3H3,(H,17,18);1H. The Morgan fingerprint density at radius 2 is 2.21 bits per heavy atom. The quantitative estimate of drug-likeness (QED) is 0.646. The zero-order chi connectivity index (χ0) is 16.4. The molecule has 24 heavy (non-hydrogen) atoms. The summed E-state index contributed by atoms with van der Waals surface area (Å²) in [6, 6.07) is 0.253. The maximum Gasteiger partial charge on any atom is 0.410 e. The topological polar surface area (TPSA) is 66.4 Å². The highest BCUT2D eigenvalue weighted by molar-refractivity contribution is 14.0. The molecule has 0 aromatic carbocycles. The third-order valence-corrected chi connectivity index (χ3v) is 4.37. The molecule has 0 aromatic heterocycles. The molecule has 0 spiro atoms. The molecule has 0 radical (unpaired) electrons.